The number of nitrogens with zero attached hydrogens (tertiary/aromatic N) is 2. The lowest BCUT2D eigenvalue weighted by Crippen LogP contribution is -2.59. The first-order valence-electron chi connectivity index (χ1n) is 8.52. The van der Waals surface area contributed by atoms with Crippen molar-refractivity contribution >= 4 is 0 Å². The fourth-order valence-electron chi connectivity index (χ4n) is 3.73. The molecule has 0 unspecified atom stereocenters. The van der Waals surface area contributed by atoms with Gasteiger partial charge in [-0.3, -0.25) is 9.80 Å². The SMILES string of the molecule is CN1CCN(CCCN)CC1(c1ccccc1)c1ccccc1. The quantitative estimate of drug-likeness (QED) is 0.921. The van der Waals surface area contributed by atoms with Crippen molar-refractivity contribution in [1.29, 1.82) is 0 Å². The van der Waals surface area contributed by atoms with Crippen molar-refractivity contribution in [3.63, 3.8) is 0 Å². The van der Waals surface area contributed by atoms with E-state index in [0.717, 1.165) is 39.1 Å². The lowest BCUT2D eigenvalue weighted by molar-refractivity contribution is 0.0395. The molecule has 2 aromatic rings. The molecule has 0 bridgehead atoms. The number of benzene rings is 2. The Morgan fingerprint density at radius 3 is 2.00 bits per heavy atom. The van der Waals surface area contributed by atoms with E-state index < -0.39 is 0 Å². The minimum Gasteiger partial charge on any atom is -0.330 e. The van der Waals surface area contributed by atoms with Crippen LogP contribution in [-0.2, 0) is 5.54 Å². The summed E-state index contributed by atoms with van der Waals surface area (Å²) in [5, 5.41) is 0. The van der Waals surface area contributed by atoms with Crippen LogP contribution >= 0.6 is 0 Å². The Morgan fingerprint density at radius 1 is 0.913 bits per heavy atom. The number of nitrogens with two attached hydrogens (primary N) is 1. The third-order valence-electron chi connectivity index (χ3n) is 5.04. The summed E-state index contributed by atoms with van der Waals surface area (Å²) >= 11 is 0. The Morgan fingerprint density at radius 2 is 1.48 bits per heavy atom. The van der Waals surface area contributed by atoms with E-state index >= 15 is 0 Å². The van der Waals surface area contributed by atoms with Crippen molar-refractivity contribution in [2.24, 2.45) is 5.73 Å². The standard InChI is InChI=1S/C20H27N3/c1-22-15-16-23(14-8-13-21)17-20(22,18-9-4-2-5-10-18)19-11-6-3-7-12-19/h2-7,9-12H,8,13-17,21H2,1H3. The molecule has 1 fully saturated rings. The third-order valence-corrected chi connectivity index (χ3v) is 5.04. The average molecular weight is 309 g/mol. The summed E-state index contributed by atoms with van der Waals surface area (Å²) in [6, 6.07) is 21.8. The summed E-state index contributed by atoms with van der Waals surface area (Å²) in [4.78, 5) is 5.07. The maximum Gasteiger partial charge on any atom is 0.0842 e. The predicted molar refractivity (Wildman–Crippen MR) is 96.4 cm³/mol. The molecule has 3 heteroatoms. The lowest BCUT2D eigenvalue weighted by Gasteiger charge is -2.50. The van der Waals surface area contributed by atoms with E-state index in [4.69, 9.17) is 5.73 Å². The first-order valence-corrected chi connectivity index (χ1v) is 8.52. The van der Waals surface area contributed by atoms with E-state index in [2.05, 4.69) is 77.5 Å². The van der Waals surface area contributed by atoms with Crippen LogP contribution in [0, 0.1) is 0 Å². The van der Waals surface area contributed by atoms with Gasteiger partial charge < -0.3 is 5.73 Å². The van der Waals surface area contributed by atoms with Crippen LogP contribution < -0.4 is 5.73 Å². The van der Waals surface area contributed by atoms with Crippen LogP contribution in [0.4, 0.5) is 0 Å². The van der Waals surface area contributed by atoms with E-state index in [0.29, 0.717) is 0 Å². The zero-order valence-electron chi connectivity index (χ0n) is 14.0. The van der Waals surface area contributed by atoms with Gasteiger partial charge in [0.2, 0.25) is 0 Å². The molecule has 2 aromatic carbocycles. The van der Waals surface area contributed by atoms with Crippen molar-refractivity contribution in [1.82, 2.24) is 9.80 Å². The molecule has 23 heavy (non-hydrogen) atoms. The Hall–Kier alpha value is -1.68. The topological polar surface area (TPSA) is 32.5 Å². The number of likely N-dealkylation sites (N-methyl/N-ethyl adjacent to an activating group) is 1. The number of hydrogen-bond donors (Lipinski definition) is 1. The van der Waals surface area contributed by atoms with Crippen molar-refractivity contribution in [2.75, 3.05) is 39.8 Å². The van der Waals surface area contributed by atoms with Gasteiger partial charge in [0.05, 0.1) is 5.54 Å². The van der Waals surface area contributed by atoms with Crippen LogP contribution in [0.25, 0.3) is 0 Å². The van der Waals surface area contributed by atoms with Gasteiger partial charge in [-0.2, -0.15) is 0 Å². The van der Waals surface area contributed by atoms with E-state index in [1.54, 1.807) is 0 Å². The van der Waals surface area contributed by atoms with Crippen molar-refractivity contribution in [3.05, 3.63) is 71.8 Å². The van der Waals surface area contributed by atoms with Crippen molar-refractivity contribution in [3.8, 4) is 0 Å². The van der Waals surface area contributed by atoms with E-state index in [9.17, 15) is 0 Å². The zero-order valence-corrected chi connectivity index (χ0v) is 14.0. The second-order valence-electron chi connectivity index (χ2n) is 6.43. The summed E-state index contributed by atoms with van der Waals surface area (Å²) < 4.78 is 0. The summed E-state index contributed by atoms with van der Waals surface area (Å²) in [5.41, 5.74) is 8.37. The Kier molecular flexibility index (Phi) is 5.11. The van der Waals surface area contributed by atoms with Gasteiger partial charge >= 0.3 is 0 Å². The second-order valence-corrected chi connectivity index (χ2v) is 6.43. The molecule has 3 nitrogen and oxygen atoms in total. The number of rotatable bonds is 5. The first-order chi connectivity index (χ1) is 11.3. The Bertz CT molecular complexity index is 555. The van der Waals surface area contributed by atoms with Gasteiger partial charge in [-0.15, -0.1) is 0 Å². The van der Waals surface area contributed by atoms with Crippen LogP contribution in [-0.4, -0.2) is 49.6 Å². The van der Waals surface area contributed by atoms with Gasteiger partial charge in [-0.25, -0.2) is 0 Å². The average Bonchev–Trinajstić information content (AvgIpc) is 2.62. The molecular weight excluding hydrogens is 282 g/mol. The van der Waals surface area contributed by atoms with Gasteiger partial charge in [-0.05, 0) is 37.7 Å². The molecular formula is C20H27N3. The summed E-state index contributed by atoms with van der Waals surface area (Å²) in [6.45, 7) is 5.02. The molecule has 0 amide bonds. The van der Waals surface area contributed by atoms with E-state index in [1.165, 1.54) is 11.1 Å². The van der Waals surface area contributed by atoms with Gasteiger partial charge in [-0.1, -0.05) is 60.7 Å². The highest BCUT2D eigenvalue weighted by Crippen LogP contribution is 2.38. The number of hydrogen-bond acceptors (Lipinski definition) is 3. The minimum absolute atomic E-state index is 0.0879. The molecule has 2 N–H and O–H groups in total. The monoisotopic (exact) mass is 309 g/mol. The van der Waals surface area contributed by atoms with Crippen LogP contribution in [0.5, 0.6) is 0 Å². The molecule has 0 saturated carbocycles. The predicted octanol–water partition coefficient (Wildman–Crippen LogP) is 2.53. The molecule has 0 radical (unpaired) electrons. The van der Waals surface area contributed by atoms with Gasteiger partial charge in [0.15, 0.2) is 0 Å². The molecule has 1 aliphatic rings. The Balaban J connectivity index is 2.04. The fourth-order valence-corrected chi connectivity index (χ4v) is 3.73. The van der Waals surface area contributed by atoms with E-state index in [-0.39, 0.29) is 5.54 Å². The molecule has 122 valence electrons. The smallest absolute Gasteiger partial charge is 0.0842 e. The van der Waals surface area contributed by atoms with Crippen LogP contribution in [0.3, 0.4) is 0 Å². The number of piperazine rings is 1. The summed E-state index contributed by atoms with van der Waals surface area (Å²) in [7, 11) is 2.25. The van der Waals surface area contributed by atoms with Crippen LogP contribution in [0.2, 0.25) is 0 Å². The second kappa shape index (κ2) is 7.26. The molecule has 0 aromatic heterocycles. The van der Waals surface area contributed by atoms with Gasteiger partial charge in [0.25, 0.3) is 0 Å². The highest BCUT2D eigenvalue weighted by atomic mass is 15.3. The maximum atomic E-state index is 5.73. The van der Waals surface area contributed by atoms with Crippen LogP contribution in [0.15, 0.2) is 60.7 Å². The molecule has 0 aliphatic carbocycles. The Labute approximate surface area is 139 Å². The van der Waals surface area contributed by atoms with Crippen molar-refractivity contribution < 1.29 is 0 Å². The highest BCUT2D eigenvalue weighted by molar-refractivity contribution is 5.39. The largest absolute Gasteiger partial charge is 0.330 e. The maximum absolute atomic E-state index is 5.73. The summed E-state index contributed by atoms with van der Waals surface area (Å²) in [6.07, 6.45) is 1.06. The molecule has 0 atom stereocenters. The van der Waals surface area contributed by atoms with Crippen molar-refractivity contribution in [2.45, 2.75) is 12.0 Å². The minimum atomic E-state index is -0.0879. The zero-order chi connectivity index (χ0) is 16.1. The molecule has 1 aliphatic heterocycles. The lowest BCUT2D eigenvalue weighted by atomic mass is 9.79. The van der Waals surface area contributed by atoms with Gasteiger partial charge in [0, 0.05) is 19.6 Å². The molecule has 1 saturated heterocycles. The molecule has 0 spiro atoms. The first kappa shape index (κ1) is 16.2. The van der Waals surface area contributed by atoms with Gasteiger partial charge in [0.1, 0.15) is 0 Å². The third kappa shape index (κ3) is 3.18. The fraction of sp³-hybridized carbons (Fsp3) is 0.400. The van der Waals surface area contributed by atoms with E-state index in [1.807, 2.05) is 0 Å². The highest BCUT2D eigenvalue weighted by Gasteiger charge is 2.42. The molecule has 1 heterocycles. The molecule has 3 rings (SSSR count). The summed E-state index contributed by atoms with van der Waals surface area (Å²) in [5.74, 6) is 0. The normalized spacial score (nSPS) is 18.9. The van der Waals surface area contributed by atoms with Crippen LogP contribution in [0.1, 0.15) is 17.5 Å².